The van der Waals surface area contributed by atoms with Gasteiger partial charge in [0.25, 0.3) is 5.91 Å². The van der Waals surface area contributed by atoms with E-state index in [4.69, 9.17) is 16.2 Å². The molecule has 0 fully saturated rings. The molecule has 0 unspecified atom stereocenters. The van der Waals surface area contributed by atoms with E-state index in [1.165, 1.54) is 6.07 Å². The van der Waals surface area contributed by atoms with Crippen molar-refractivity contribution in [3.05, 3.63) is 47.2 Å². The first-order valence-corrected chi connectivity index (χ1v) is 5.78. The molecule has 19 heavy (non-hydrogen) atoms. The number of nitrogen functional groups attached to an aromatic ring is 1. The fourth-order valence-electron chi connectivity index (χ4n) is 1.77. The second-order valence-corrected chi connectivity index (χ2v) is 4.38. The van der Waals surface area contributed by atoms with Gasteiger partial charge in [0.2, 0.25) is 5.88 Å². The molecule has 0 saturated carbocycles. The van der Waals surface area contributed by atoms with Crippen molar-refractivity contribution in [3.8, 4) is 11.6 Å². The topological polar surface area (TPSA) is 91.2 Å². The van der Waals surface area contributed by atoms with E-state index < -0.39 is 5.91 Å². The molecule has 0 aliphatic carbocycles. The summed E-state index contributed by atoms with van der Waals surface area (Å²) in [5, 5.41) is 0. The number of hydrogen-bond donors (Lipinski definition) is 2. The van der Waals surface area contributed by atoms with Crippen LogP contribution in [0.4, 0.5) is 5.69 Å². The van der Waals surface area contributed by atoms with Gasteiger partial charge in [0.1, 0.15) is 11.4 Å². The number of nitrogens with zero attached hydrogens (tertiary/aromatic N) is 1. The lowest BCUT2D eigenvalue weighted by molar-refractivity contribution is 0.0995. The summed E-state index contributed by atoms with van der Waals surface area (Å²) >= 11 is 0. The van der Waals surface area contributed by atoms with E-state index in [0.717, 1.165) is 11.1 Å². The Morgan fingerprint density at radius 2 is 1.79 bits per heavy atom. The number of primary amides is 1. The van der Waals surface area contributed by atoms with Crippen LogP contribution in [-0.2, 0) is 0 Å². The molecule has 0 spiro atoms. The zero-order valence-corrected chi connectivity index (χ0v) is 10.8. The van der Waals surface area contributed by atoms with E-state index in [2.05, 4.69) is 4.98 Å². The molecule has 4 N–H and O–H groups in total. The maximum atomic E-state index is 11.1. The van der Waals surface area contributed by atoms with Gasteiger partial charge in [-0.1, -0.05) is 6.07 Å². The van der Waals surface area contributed by atoms with Gasteiger partial charge in [-0.05, 0) is 49.2 Å². The van der Waals surface area contributed by atoms with Gasteiger partial charge in [-0.2, -0.15) is 0 Å². The van der Waals surface area contributed by atoms with Crippen LogP contribution in [0.25, 0.3) is 0 Å². The van der Waals surface area contributed by atoms with Crippen LogP contribution in [-0.4, -0.2) is 10.9 Å². The number of aryl methyl sites for hydroxylation is 2. The number of aromatic nitrogens is 1. The summed E-state index contributed by atoms with van der Waals surface area (Å²) in [7, 11) is 0. The minimum atomic E-state index is -0.620. The van der Waals surface area contributed by atoms with Crippen molar-refractivity contribution in [2.24, 2.45) is 5.73 Å². The third-order valence-electron chi connectivity index (χ3n) is 2.55. The molecule has 0 aliphatic rings. The van der Waals surface area contributed by atoms with Crippen LogP contribution in [0.15, 0.2) is 30.3 Å². The van der Waals surface area contributed by atoms with Crippen LogP contribution >= 0.6 is 0 Å². The number of rotatable bonds is 3. The molecule has 98 valence electrons. The predicted molar refractivity (Wildman–Crippen MR) is 73.2 cm³/mol. The molecule has 2 rings (SSSR count). The lowest BCUT2D eigenvalue weighted by Gasteiger charge is -2.09. The first-order chi connectivity index (χ1) is 8.95. The molecule has 1 amide bonds. The van der Waals surface area contributed by atoms with Gasteiger partial charge in [0, 0.05) is 0 Å². The quantitative estimate of drug-likeness (QED) is 0.881. The van der Waals surface area contributed by atoms with Crippen LogP contribution in [0.2, 0.25) is 0 Å². The third kappa shape index (κ3) is 3.01. The van der Waals surface area contributed by atoms with E-state index >= 15 is 0 Å². The Morgan fingerprint density at radius 3 is 2.37 bits per heavy atom. The fraction of sp³-hybridized carbons (Fsp3) is 0.143. The Morgan fingerprint density at radius 1 is 1.16 bits per heavy atom. The maximum absolute atomic E-state index is 11.1. The molecule has 1 aromatic carbocycles. The number of carbonyl (C=O) groups excluding carboxylic acids is 1. The van der Waals surface area contributed by atoms with Crippen LogP contribution in [0.5, 0.6) is 11.6 Å². The molecule has 5 heteroatoms. The summed E-state index contributed by atoms with van der Waals surface area (Å²) in [5.74, 6) is 0.185. The monoisotopic (exact) mass is 257 g/mol. The highest BCUT2D eigenvalue weighted by Gasteiger charge is 2.09. The zero-order chi connectivity index (χ0) is 14.0. The van der Waals surface area contributed by atoms with Crippen molar-refractivity contribution in [3.63, 3.8) is 0 Å². The second kappa shape index (κ2) is 4.97. The molecule has 2 aromatic rings. The van der Waals surface area contributed by atoms with E-state index in [1.54, 1.807) is 6.07 Å². The Kier molecular flexibility index (Phi) is 3.37. The third-order valence-corrected chi connectivity index (χ3v) is 2.55. The van der Waals surface area contributed by atoms with Gasteiger partial charge in [0.05, 0.1) is 5.69 Å². The highest BCUT2D eigenvalue weighted by atomic mass is 16.5. The van der Waals surface area contributed by atoms with Crippen LogP contribution in [0.3, 0.4) is 0 Å². The van der Waals surface area contributed by atoms with Gasteiger partial charge in [-0.25, -0.2) is 4.98 Å². The molecule has 0 aliphatic heterocycles. The maximum Gasteiger partial charge on any atom is 0.267 e. The average molecular weight is 257 g/mol. The normalized spacial score (nSPS) is 10.2. The Hall–Kier alpha value is -2.56. The summed E-state index contributed by atoms with van der Waals surface area (Å²) in [6.45, 7) is 3.94. The number of amides is 1. The lowest BCUT2D eigenvalue weighted by Crippen LogP contribution is -2.13. The molecule has 1 heterocycles. The molecule has 0 saturated heterocycles. The Balaban J connectivity index is 2.37. The van der Waals surface area contributed by atoms with E-state index in [-0.39, 0.29) is 11.6 Å². The van der Waals surface area contributed by atoms with Crippen molar-refractivity contribution in [1.82, 2.24) is 4.98 Å². The molecule has 0 radical (unpaired) electrons. The first kappa shape index (κ1) is 12.9. The first-order valence-electron chi connectivity index (χ1n) is 5.78. The number of pyridine rings is 1. The summed E-state index contributed by atoms with van der Waals surface area (Å²) in [5.41, 5.74) is 13.6. The van der Waals surface area contributed by atoms with Crippen LogP contribution in [0.1, 0.15) is 21.6 Å². The van der Waals surface area contributed by atoms with Gasteiger partial charge < -0.3 is 16.2 Å². The van der Waals surface area contributed by atoms with Crippen LogP contribution < -0.4 is 16.2 Å². The molecular weight excluding hydrogens is 242 g/mol. The SMILES string of the molecule is Cc1cc(C)cc(Oc2nc(C(N)=O)ccc2N)c1. The Labute approximate surface area is 111 Å². The number of nitrogens with two attached hydrogens (primary N) is 2. The van der Waals surface area contributed by atoms with Crippen molar-refractivity contribution in [1.29, 1.82) is 0 Å². The smallest absolute Gasteiger partial charge is 0.267 e. The Bertz CT molecular complexity index is 618. The zero-order valence-electron chi connectivity index (χ0n) is 10.8. The van der Waals surface area contributed by atoms with E-state index in [0.29, 0.717) is 11.4 Å². The van der Waals surface area contributed by atoms with Crippen molar-refractivity contribution >= 4 is 11.6 Å². The van der Waals surface area contributed by atoms with Crippen molar-refractivity contribution < 1.29 is 9.53 Å². The number of hydrogen-bond acceptors (Lipinski definition) is 4. The number of ether oxygens (including phenoxy) is 1. The molecule has 0 atom stereocenters. The number of carbonyl (C=O) groups is 1. The highest BCUT2D eigenvalue weighted by molar-refractivity contribution is 5.91. The highest BCUT2D eigenvalue weighted by Crippen LogP contribution is 2.26. The second-order valence-electron chi connectivity index (χ2n) is 4.38. The molecule has 0 bridgehead atoms. The molecule has 5 nitrogen and oxygen atoms in total. The predicted octanol–water partition coefficient (Wildman–Crippen LogP) is 2.17. The minimum absolute atomic E-state index is 0.119. The standard InChI is InChI=1S/C14H15N3O2/c1-8-5-9(2)7-10(6-8)19-14-11(15)3-4-12(17-14)13(16)18/h3-7H,15H2,1-2H3,(H2,16,18). The summed E-state index contributed by atoms with van der Waals surface area (Å²) in [6.07, 6.45) is 0. The summed E-state index contributed by atoms with van der Waals surface area (Å²) in [6, 6.07) is 8.77. The average Bonchev–Trinajstić information content (AvgIpc) is 2.30. The van der Waals surface area contributed by atoms with Gasteiger partial charge in [-0.3, -0.25) is 4.79 Å². The number of benzene rings is 1. The minimum Gasteiger partial charge on any atom is -0.437 e. The van der Waals surface area contributed by atoms with E-state index in [1.807, 2.05) is 32.0 Å². The lowest BCUT2D eigenvalue weighted by atomic mass is 10.1. The van der Waals surface area contributed by atoms with Crippen molar-refractivity contribution in [2.45, 2.75) is 13.8 Å². The van der Waals surface area contributed by atoms with Gasteiger partial charge >= 0.3 is 0 Å². The van der Waals surface area contributed by atoms with Gasteiger partial charge in [0.15, 0.2) is 0 Å². The fourth-order valence-corrected chi connectivity index (χ4v) is 1.77. The summed E-state index contributed by atoms with van der Waals surface area (Å²) < 4.78 is 5.62. The summed E-state index contributed by atoms with van der Waals surface area (Å²) in [4.78, 5) is 15.1. The van der Waals surface area contributed by atoms with Gasteiger partial charge in [-0.15, -0.1) is 0 Å². The number of anilines is 1. The largest absolute Gasteiger partial charge is 0.437 e. The molecular formula is C14H15N3O2. The van der Waals surface area contributed by atoms with Crippen LogP contribution in [0, 0.1) is 13.8 Å². The molecule has 1 aromatic heterocycles. The van der Waals surface area contributed by atoms with E-state index in [9.17, 15) is 4.79 Å². The van der Waals surface area contributed by atoms with Crippen molar-refractivity contribution in [2.75, 3.05) is 5.73 Å².